The number of nitrogens with zero attached hydrogens (tertiary/aromatic N) is 1. The van der Waals surface area contributed by atoms with Gasteiger partial charge in [0.05, 0.1) is 12.1 Å². The lowest BCUT2D eigenvalue weighted by molar-refractivity contribution is -0.138. The molecular formula is C21H14ClF3N2O3. The maximum absolute atomic E-state index is 12.9. The highest BCUT2D eigenvalue weighted by molar-refractivity contribution is 6.30. The summed E-state index contributed by atoms with van der Waals surface area (Å²) in [6, 6.07) is 14.8. The molecule has 1 aromatic heterocycles. The Morgan fingerprint density at radius 2 is 1.60 bits per heavy atom. The Morgan fingerprint density at radius 3 is 2.20 bits per heavy atom. The Kier molecular flexibility index (Phi) is 6.07. The quantitative estimate of drug-likeness (QED) is 0.594. The molecule has 1 amide bonds. The van der Waals surface area contributed by atoms with E-state index < -0.39 is 34.6 Å². The molecule has 9 heteroatoms. The number of aromatic nitrogens is 1. The number of Topliss-reactive ketones (excluding diaryl/α,β-unsaturated/α-hetero) is 1. The van der Waals surface area contributed by atoms with E-state index in [9.17, 15) is 27.6 Å². The number of amides is 1. The minimum absolute atomic E-state index is 0.160. The molecule has 2 aromatic carbocycles. The highest BCUT2D eigenvalue weighted by Gasteiger charge is 2.32. The molecule has 0 aliphatic heterocycles. The number of carbonyl (C=O) groups excluding carboxylic acids is 2. The summed E-state index contributed by atoms with van der Waals surface area (Å²) in [7, 11) is 0. The molecular weight excluding hydrogens is 421 g/mol. The average molecular weight is 435 g/mol. The minimum Gasteiger partial charge on any atom is -0.322 e. The molecule has 3 rings (SSSR count). The summed E-state index contributed by atoms with van der Waals surface area (Å²) in [5, 5.41) is 2.04. The largest absolute Gasteiger partial charge is 0.417 e. The van der Waals surface area contributed by atoms with Crippen molar-refractivity contribution in [3.63, 3.8) is 0 Å². The first-order valence-corrected chi connectivity index (χ1v) is 9.00. The van der Waals surface area contributed by atoms with E-state index in [0.717, 1.165) is 0 Å². The zero-order valence-corrected chi connectivity index (χ0v) is 16.0. The van der Waals surface area contributed by atoms with Gasteiger partial charge in [-0.05, 0) is 42.5 Å². The lowest BCUT2D eigenvalue weighted by Gasteiger charge is -2.11. The molecule has 0 aliphatic rings. The van der Waals surface area contributed by atoms with E-state index in [-0.39, 0.29) is 11.5 Å². The summed E-state index contributed by atoms with van der Waals surface area (Å²) in [5.41, 5.74) is -0.977. The number of alkyl halides is 3. The van der Waals surface area contributed by atoms with E-state index in [2.05, 4.69) is 5.32 Å². The molecule has 0 radical (unpaired) electrons. The van der Waals surface area contributed by atoms with Crippen LogP contribution < -0.4 is 10.9 Å². The Hall–Kier alpha value is -3.39. The first-order chi connectivity index (χ1) is 14.1. The van der Waals surface area contributed by atoms with Gasteiger partial charge >= 0.3 is 6.18 Å². The summed E-state index contributed by atoms with van der Waals surface area (Å²) < 4.78 is 39.4. The second kappa shape index (κ2) is 8.54. The Morgan fingerprint density at radius 1 is 0.967 bits per heavy atom. The van der Waals surface area contributed by atoms with Crippen LogP contribution in [0.25, 0.3) is 0 Å². The lowest BCUT2D eigenvalue weighted by Crippen LogP contribution is -2.26. The van der Waals surface area contributed by atoms with Crippen LogP contribution in [0.1, 0.15) is 26.3 Å². The van der Waals surface area contributed by atoms with Gasteiger partial charge in [-0.15, -0.1) is 0 Å². The predicted octanol–water partition coefficient (Wildman–Crippen LogP) is 4.66. The molecule has 3 aromatic rings. The zero-order chi connectivity index (χ0) is 21.9. The van der Waals surface area contributed by atoms with E-state index >= 15 is 0 Å². The van der Waals surface area contributed by atoms with Gasteiger partial charge in [-0.3, -0.25) is 14.4 Å². The number of anilines is 1. The van der Waals surface area contributed by atoms with Gasteiger partial charge in [-0.2, -0.15) is 13.2 Å². The zero-order valence-electron chi connectivity index (χ0n) is 15.2. The summed E-state index contributed by atoms with van der Waals surface area (Å²) >= 11 is 5.59. The van der Waals surface area contributed by atoms with Crippen molar-refractivity contribution in [3.8, 4) is 0 Å². The van der Waals surface area contributed by atoms with Crippen molar-refractivity contribution in [2.45, 2.75) is 12.7 Å². The molecule has 0 spiro atoms. The van der Waals surface area contributed by atoms with Gasteiger partial charge < -0.3 is 9.88 Å². The molecule has 0 saturated carbocycles. The number of nitrogens with one attached hydrogen (secondary N) is 1. The van der Waals surface area contributed by atoms with Crippen molar-refractivity contribution in [3.05, 3.63) is 98.9 Å². The van der Waals surface area contributed by atoms with Crippen molar-refractivity contribution in [2.24, 2.45) is 0 Å². The van der Waals surface area contributed by atoms with Crippen LogP contribution >= 0.6 is 11.6 Å². The van der Waals surface area contributed by atoms with E-state index in [4.69, 9.17) is 11.6 Å². The van der Waals surface area contributed by atoms with Crippen LogP contribution in [0.3, 0.4) is 0 Å². The van der Waals surface area contributed by atoms with Crippen molar-refractivity contribution in [2.75, 3.05) is 5.32 Å². The molecule has 0 atom stereocenters. The summed E-state index contributed by atoms with van der Waals surface area (Å²) in [4.78, 5) is 36.5. The fourth-order valence-corrected chi connectivity index (χ4v) is 2.88. The second-order valence-electron chi connectivity index (χ2n) is 6.33. The van der Waals surface area contributed by atoms with Crippen LogP contribution in [0.2, 0.25) is 5.02 Å². The van der Waals surface area contributed by atoms with Crippen LogP contribution in [0.15, 0.2) is 71.7 Å². The lowest BCUT2D eigenvalue weighted by atomic mass is 10.1. The van der Waals surface area contributed by atoms with Gasteiger partial charge in [0.15, 0.2) is 5.78 Å². The third-order valence-electron chi connectivity index (χ3n) is 4.18. The minimum atomic E-state index is -4.71. The predicted molar refractivity (Wildman–Crippen MR) is 106 cm³/mol. The van der Waals surface area contributed by atoms with E-state index in [1.165, 1.54) is 24.3 Å². The molecule has 1 N–H and O–H groups in total. The molecule has 0 saturated heterocycles. The number of halogens is 4. The molecule has 154 valence electrons. The number of rotatable bonds is 5. The van der Waals surface area contributed by atoms with Crippen LogP contribution in [-0.4, -0.2) is 16.3 Å². The van der Waals surface area contributed by atoms with Crippen LogP contribution in [0.5, 0.6) is 0 Å². The number of pyridine rings is 1. The fourth-order valence-electron chi connectivity index (χ4n) is 2.65. The van der Waals surface area contributed by atoms with Crippen molar-refractivity contribution in [1.29, 1.82) is 0 Å². The van der Waals surface area contributed by atoms with Crippen molar-refractivity contribution < 1.29 is 22.8 Å². The average Bonchev–Trinajstić information content (AvgIpc) is 2.71. The van der Waals surface area contributed by atoms with Crippen LogP contribution in [0, 0.1) is 0 Å². The molecule has 0 fully saturated rings. The third kappa shape index (κ3) is 4.96. The smallest absolute Gasteiger partial charge is 0.322 e. The number of hydrogen-bond acceptors (Lipinski definition) is 3. The van der Waals surface area contributed by atoms with Gasteiger partial charge in [0.25, 0.3) is 11.5 Å². The number of hydrogen-bond donors (Lipinski definition) is 1. The first kappa shape index (κ1) is 21.3. The standard InChI is InChI=1S/C21H14ClF3N2O3/c22-17-10-15(21(23,24)25)11-27(20(17)30)12-18(28)13-6-8-16(9-7-13)26-19(29)14-4-2-1-3-5-14/h1-11H,12H2,(H,26,29). The van der Waals surface area contributed by atoms with E-state index in [1.807, 2.05) is 0 Å². The number of carbonyl (C=O) groups is 2. The summed E-state index contributed by atoms with van der Waals surface area (Å²) in [5.74, 6) is -0.923. The monoisotopic (exact) mass is 434 g/mol. The first-order valence-electron chi connectivity index (χ1n) is 8.62. The van der Waals surface area contributed by atoms with Crippen molar-refractivity contribution in [1.82, 2.24) is 4.57 Å². The van der Waals surface area contributed by atoms with Crippen LogP contribution in [0.4, 0.5) is 18.9 Å². The maximum Gasteiger partial charge on any atom is 0.417 e. The molecule has 0 unspecified atom stereocenters. The molecule has 1 heterocycles. The maximum atomic E-state index is 12.9. The Labute approximate surface area is 173 Å². The SMILES string of the molecule is O=C(Cn1cc(C(F)(F)F)cc(Cl)c1=O)c1ccc(NC(=O)c2ccccc2)cc1. The molecule has 0 bridgehead atoms. The van der Waals surface area contributed by atoms with Gasteiger partial charge in [-0.25, -0.2) is 0 Å². The molecule has 30 heavy (non-hydrogen) atoms. The Bertz CT molecular complexity index is 1140. The van der Waals surface area contributed by atoms with Crippen molar-refractivity contribution >= 4 is 29.0 Å². The number of benzene rings is 2. The number of ketones is 1. The second-order valence-corrected chi connectivity index (χ2v) is 6.74. The van der Waals surface area contributed by atoms with E-state index in [1.54, 1.807) is 30.3 Å². The summed E-state index contributed by atoms with van der Waals surface area (Å²) in [6.45, 7) is -0.613. The van der Waals surface area contributed by atoms with Crippen LogP contribution in [-0.2, 0) is 12.7 Å². The highest BCUT2D eigenvalue weighted by Crippen LogP contribution is 2.29. The van der Waals surface area contributed by atoms with Gasteiger partial charge in [0.2, 0.25) is 0 Å². The fraction of sp³-hybridized carbons (Fsp3) is 0.0952. The summed E-state index contributed by atoms with van der Waals surface area (Å²) in [6.07, 6.45) is -4.15. The van der Waals surface area contributed by atoms with Gasteiger partial charge in [0.1, 0.15) is 5.02 Å². The van der Waals surface area contributed by atoms with Gasteiger partial charge in [0, 0.05) is 23.0 Å². The topological polar surface area (TPSA) is 68.2 Å². The molecule has 5 nitrogen and oxygen atoms in total. The Balaban J connectivity index is 1.75. The van der Waals surface area contributed by atoms with E-state index in [0.29, 0.717) is 28.1 Å². The highest BCUT2D eigenvalue weighted by atomic mass is 35.5. The third-order valence-corrected chi connectivity index (χ3v) is 4.46. The van der Waals surface area contributed by atoms with Gasteiger partial charge in [-0.1, -0.05) is 29.8 Å². The normalized spacial score (nSPS) is 11.2. The molecule has 0 aliphatic carbocycles.